The van der Waals surface area contributed by atoms with E-state index in [4.69, 9.17) is 14.2 Å². The smallest absolute Gasteiger partial charge is 0.195 e. The van der Waals surface area contributed by atoms with E-state index < -0.39 is 0 Å². The predicted octanol–water partition coefficient (Wildman–Crippen LogP) is 4.08. The van der Waals surface area contributed by atoms with E-state index in [9.17, 15) is 0 Å². The Kier molecular flexibility index (Phi) is 9.72. The number of unbranched alkanes of at least 4 members (excludes halogenated alkanes) is 1. The molecule has 0 unspecified atom stereocenters. The van der Waals surface area contributed by atoms with Crippen LogP contribution in [0.4, 0.5) is 5.69 Å². The Morgan fingerprint density at radius 1 is 0.964 bits per heavy atom. The van der Waals surface area contributed by atoms with Gasteiger partial charge in [0.2, 0.25) is 0 Å². The summed E-state index contributed by atoms with van der Waals surface area (Å²) >= 11 is 0. The first-order valence-corrected chi connectivity index (χ1v) is 9.65. The summed E-state index contributed by atoms with van der Waals surface area (Å²) in [5, 5.41) is 6.56. The predicted molar refractivity (Wildman–Crippen MR) is 114 cm³/mol. The van der Waals surface area contributed by atoms with Crippen molar-refractivity contribution in [2.24, 2.45) is 4.99 Å². The SMILES string of the molecule is CCNC(=NCCCCOCc1ccccc1)Nc1ccc(OC)c(OC)c1. The Balaban J connectivity index is 1.75. The molecule has 0 aliphatic heterocycles. The molecule has 6 heteroatoms. The number of aliphatic imine (C=N–C) groups is 1. The number of nitrogens with one attached hydrogen (secondary N) is 2. The van der Waals surface area contributed by atoms with Gasteiger partial charge in [0.15, 0.2) is 17.5 Å². The van der Waals surface area contributed by atoms with Crippen LogP contribution in [0, 0.1) is 0 Å². The molecule has 0 aliphatic carbocycles. The summed E-state index contributed by atoms with van der Waals surface area (Å²) in [5.74, 6) is 2.13. The second-order valence-electron chi connectivity index (χ2n) is 6.20. The van der Waals surface area contributed by atoms with Crippen molar-refractivity contribution in [2.75, 3.05) is 39.2 Å². The number of nitrogens with zero attached hydrogens (tertiary/aromatic N) is 1. The van der Waals surface area contributed by atoms with Gasteiger partial charge in [-0.05, 0) is 37.5 Å². The lowest BCUT2D eigenvalue weighted by atomic mass is 10.2. The monoisotopic (exact) mass is 385 g/mol. The average Bonchev–Trinajstić information content (AvgIpc) is 2.73. The van der Waals surface area contributed by atoms with E-state index in [-0.39, 0.29) is 0 Å². The Labute approximate surface area is 167 Å². The van der Waals surface area contributed by atoms with Crippen LogP contribution in [0.1, 0.15) is 25.3 Å². The number of hydrogen-bond donors (Lipinski definition) is 2. The molecule has 28 heavy (non-hydrogen) atoms. The van der Waals surface area contributed by atoms with Crippen molar-refractivity contribution in [3.8, 4) is 11.5 Å². The molecule has 0 spiro atoms. The van der Waals surface area contributed by atoms with Crippen LogP contribution in [-0.2, 0) is 11.3 Å². The fourth-order valence-electron chi connectivity index (χ4n) is 2.63. The molecule has 0 amide bonds. The van der Waals surface area contributed by atoms with Crippen LogP contribution in [0.15, 0.2) is 53.5 Å². The van der Waals surface area contributed by atoms with Gasteiger partial charge in [-0.25, -0.2) is 0 Å². The molecule has 0 atom stereocenters. The molecule has 0 fully saturated rings. The summed E-state index contributed by atoms with van der Waals surface area (Å²) in [4.78, 5) is 4.63. The lowest BCUT2D eigenvalue weighted by Crippen LogP contribution is -2.30. The van der Waals surface area contributed by atoms with Gasteiger partial charge in [-0.3, -0.25) is 4.99 Å². The van der Waals surface area contributed by atoms with Gasteiger partial charge in [0, 0.05) is 31.5 Å². The zero-order valence-corrected chi connectivity index (χ0v) is 17.0. The highest BCUT2D eigenvalue weighted by Gasteiger charge is 2.06. The molecular formula is C22H31N3O3. The van der Waals surface area contributed by atoms with Crippen molar-refractivity contribution in [1.82, 2.24) is 5.32 Å². The molecule has 0 heterocycles. The first-order valence-electron chi connectivity index (χ1n) is 9.65. The molecule has 0 saturated carbocycles. The summed E-state index contributed by atoms with van der Waals surface area (Å²) in [7, 11) is 3.25. The van der Waals surface area contributed by atoms with Crippen LogP contribution < -0.4 is 20.1 Å². The highest BCUT2D eigenvalue weighted by atomic mass is 16.5. The summed E-state index contributed by atoms with van der Waals surface area (Å²) in [6.45, 7) is 4.97. The van der Waals surface area contributed by atoms with Crippen molar-refractivity contribution in [3.05, 3.63) is 54.1 Å². The van der Waals surface area contributed by atoms with Crippen LogP contribution in [0.25, 0.3) is 0 Å². The third-order valence-electron chi connectivity index (χ3n) is 4.07. The van der Waals surface area contributed by atoms with E-state index in [1.807, 2.05) is 43.3 Å². The lowest BCUT2D eigenvalue weighted by molar-refractivity contribution is 0.117. The molecule has 0 radical (unpaired) electrons. The fraction of sp³-hybridized carbons (Fsp3) is 0.409. The maximum Gasteiger partial charge on any atom is 0.195 e. The van der Waals surface area contributed by atoms with Gasteiger partial charge in [0.05, 0.1) is 20.8 Å². The van der Waals surface area contributed by atoms with E-state index in [0.29, 0.717) is 18.1 Å². The number of ether oxygens (including phenoxy) is 3. The molecule has 0 bridgehead atoms. The summed E-state index contributed by atoms with van der Waals surface area (Å²) in [5.41, 5.74) is 2.10. The molecule has 2 aromatic carbocycles. The van der Waals surface area contributed by atoms with Crippen LogP contribution in [-0.4, -0.2) is 39.9 Å². The first kappa shape index (κ1) is 21.6. The lowest BCUT2D eigenvalue weighted by Gasteiger charge is -2.13. The van der Waals surface area contributed by atoms with E-state index in [1.54, 1.807) is 14.2 Å². The van der Waals surface area contributed by atoms with Crippen LogP contribution in [0.5, 0.6) is 11.5 Å². The second-order valence-corrected chi connectivity index (χ2v) is 6.20. The molecule has 152 valence electrons. The van der Waals surface area contributed by atoms with Crippen LogP contribution >= 0.6 is 0 Å². The van der Waals surface area contributed by atoms with E-state index in [2.05, 4.69) is 27.8 Å². The number of benzene rings is 2. The number of guanidine groups is 1. The Bertz CT molecular complexity index is 720. The molecule has 0 aliphatic rings. The average molecular weight is 386 g/mol. The summed E-state index contributed by atoms with van der Waals surface area (Å²) in [6.07, 6.45) is 1.95. The maximum atomic E-state index is 5.71. The van der Waals surface area contributed by atoms with Gasteiger partial charge in [0.1, 0.15) is 0 Å². The number of rotatable bonds is 11. The maximum absolute atomic E-state index is 5.71. The van der Waals surface area contributed by atoms with E-state index in [0.717, 1.165) is 44.2 Å². The molecule has 2 rings (SSSR count). The Morgan fingerprint density at radius 2 is 1.75 bits per heavy atom. The van der Waals surface area contributed by atoms with Crippen molar-refractivity contribution in [2.45, 2.75) is 26.4 Å². The normalized spacial score (nSPS) is 11.2. The molecule has 2 N–H and O–H groups in total. The number of anilines is 1. The second kappa shape index (κ2) is 12.6. The number of methoxy groups -OCH3 is 2. The van der Waals surface area contributed by atoms with Gasteiger partial charge < -0.3 is 24.8 Å². The van der Waals surface area contributed by atoms with Crippen LogP contribution in [0.3, 0.4) is 0 Å². The fourth-order valence-corrected chi connectivity index (χ4v) is 2.63. The molecular weight excluding hydrogens is 354 g/mol. The van der Waals surface area contributed by atoms with Gasteiger partial charge >= 0.3 is 0 Å². The minimum absolute atomic E-state index is 0.660. The number of hydrogen-bond acceptors (Lipinski definition) is 4. The third-order valence-corrected chi connectivity index (χ3v) is 4.07. The van der Waals surface area contributed by atoms with Crippen molar-refractivity contribution in [3.63, 3.8) is 0 Å². The van der Waals surface area contributed by atoms with Crippen molar-refractivity contribution >= 4 is 11.6 Å². The van der Waals surface area contributed by atoms with E-state index >= 15 is 0 Å². The van der Waals surface area contributed by atoms with Gasteiger partial charge in [-0.2, -0.15) is 0 Å². The quantitative estimate of drug-likeness (QED) is 0.347. The summed E-state index contributed by atoms with van der Waals surface area (Å²) < 4.78 is 16.3. The highest BCUT2D eigenvalue weighted by Crippen LogP contribution is 2.29. The van der Waals surface area contributed by atoms with Gasteiger partial charge in [-0.1, -0.05) is 30.3 Å². The molecule has 6 nitrogen and oxygen atoms in total. The molecule has 2 aromatic rings. The third kappa shape index (κ3) is 7.48. The molecule has 0 saturated heterocycles. The molecule has 0 aromatic heterocycles. The summed E-state index contributed by atoms with van der Waals surface area (Å²) in [6, 6.07) is 15.9. The minimum Gasteiger partial charge on any atom is -0.493 e. The zero-order chi connectivity index (χ0) is 20.0. The highest BCUT2D eigenvalue weighted by molar-refractivity contribution is 5.93. The van der Waals surface area contributed by atoms with Gasteiger partial charge in [-0.15, -0.1) is 0 Å². The van der Waals surface area contributed by atoms with Crippen molar-refractivity contribution in [1.29, 1.82) is 0 Å². The first-order chi connectivity index (χ1) is 13.8. The van der Waals surface area contributed by atoms with Crippen LogP contribution in [0.2, 0.25) is 0 Å². The van der Waals surface area contributed by atoms with E-state index in [1.165, 1.54) is 5.56 Å². The largest absolute Gasteiger partial charge is 0.493 e. The van der Waals surface area contributed by atoms with Gasteiger partial charge in [0.25, 0.3) is 0 Å². The zero-order valence-electron chi connectivity index (χ0n) is 17.0. The minimum atomic E-state index is 0.660. The topological polar surface area (TPSA) is 64.1 Å². The Morgan fingerprint density at radius 3 is 2.46 bits per heavy atom. The van der Waals surface area contributed by atoms with Crippen molar-refractivity contribution < 1.29 is 14.2 Å². The Hall–Kier alpha value is -2.73. The standard InChI is InChI=1S/C22H31N3O3/c1-4-23-22(25-19-12-13-20(26-2)21(16-19)27-3)24-14-8-9-15-28-17-18-10-6-5-7-11-18/h5-7,10-13,16H,4,8-9,14-15,17H2,1-3H3,(H2,23,24,25).